The number of rotatable bonds is 19. The van der Waals surface area contributed by atoms with E-state index in [-0.39, 0.29) is 63.4 Å². The van der Waals surface area contributed by atoms with Gasteiger partial charge in [0.15, 0.2) is 0 Å². The fourth-order valence-corrected chi connectivity index (χ4v) is 4.44. The van der Waals surface area contributed by atoms with Crippen molar-refractivity contribution in [3.8, 4) is 5.75 Å². The third kappa shape index (κ3) is 17.7. The molecular formula is C33H45ClF3N7O6. The number of benzene rings is 2. The number of carboxylic acids is 1. The van der Waals surface area contributed by atoms with Gasteiger partial charge in [0.1, 0.15) is 19.1 Å². The summed E-state index contributed by atoms with van der Waals surface area (Å²) in [5, 5.41) is 14.8. The topological polar surface area (TPSA) is 180 Å². The monoisotopic (exact) mass is 727 g/mol. The van der Waals surface area contributed by atoms with Gasteiger partial charge in [-0.25, -0.2) is 9.98 Å². The van der Waals surface area contributed by atoms with Crippen molar-refractivity contribution in [3.63, 3.8) is 0 Å². The summed E-state index contributed by atoms with van der Waals surface area (Å²) in [6.07, 6.45) is -4.52. The lowest BCUT2D eigenvalue weighted by Crippen LogP contribution is -2.45. The number of aliphatic carboxylic acids is 1. The molecule has 0 atom stereocenters. The van der Waals surface area contributed by atoms with E-state index in [2.05, 4.69) is 49.5 Å². The predicted molar refractivity (Wildman–Crippen MR) is 188 cm³/mol. The molecule has 0 saturated heterocycles. The SMILES string of the molecule is C=NC(=NCc1ccc(OCCCN(CC(C)(C)CNC(=O)c2ccc(N=C)cc2)C(=O)CCC(=O)O)c(Cl)c1)NCOCC(F)(F)F.CN. The van der Waals surface area contributed by atoms with Crippen molar-refractivity contribution in [3.05, 3.63) is 58.6 Å². The number of guanidine groups is 1. The van der Waals surface area contributed by atoms with Crippen molar-refractivity contribution in [2.75, 3.05) is 46.6 Å². The Morgan fingerprint density at radius 1 is 1.04 bits per heavy atom. The average molecular weight is 728 g/mol. The van der Waals surface area contributed by atoms with Gasteiger partial charge >= 0.3 is 12.1 Å². The predicted octanol–water partition coefficient (Wildman–Crippen LogP) is 4.85. The van der Waals surface area contributed by atoms with Crippen LogP contribution in [0.4, 0.5) is 18.9 Å². The van der Waals surface area contributed by atoms with Crippen molar-refractivity contribution in [1.29, 1.82) is 0 Å². The van der Waals surface area contributed by atoms with Crippen LogP contribution in [0.25, 0.3) is 0 Å². The standard InChI is InChI=1S/C32H40ClF3N6O6.CH5N/c1-31(2,18-40-29(46)23-7-9-24(37-3)10-8-23)19-42(27(43)12-13-28(44)45)14-5-15-48-26-11-6-22(16-25(26)33)17-39-30(38-4)41-21-47-20-32(34,35)36;1-2/h6-11,16H,3-5,12-15,17-21H2,1-2H3,(H,39,41)(H,40,46)(H,44,45);2H2,1H3. The van der Waals surface area contributed by atoms with Crippen LogP contribution in [-0.2, 0) is 20.9 Å². The van der Waals surface area contributed by atoms with E-state index >= 15 is 0 Å². The van der Waals surface area contributed by atoms with Crippen LogP contribution < -0.4 is 21.1 Å². The van der Waals surface area contributed by atoms with E-state index in [1.54, 1.807) is 47.4 Å². The first-order chi connectivity index (χ1) is 23.6. The number of hydrogen-bond donors (Lipinski definition) is 4. The maximum Gasteiger partial charge on any atom is 0.411 e. The second-order valence-corrected chi connectivity index (χ2v) is 11.7. The maximum atomic E-state index is 13.0. The zero-order valence-corrected chi connectivity index (χ0v) is 29.1. The zero-order valence-electron chi connectivity index (χ0n) is 28.4. The lowest BCUT2D eigenvalue weighted by Gasteiger charge is -2.33. The lowest BCUT2D eigenvalue weighted by atomic mass is 9.92. The van der Waals surface area contributed by atoms with E-state index in [1.165, 1.54) is 7.05 Å². The zero-order chi connectivity index (χ0) is 37.7. The van der Waals surface area contributed by atoms with Crippen LogP contribution in [-0.4, -0.2) is 100.0 Å². The number of carbonyl (C=O) groups is 3. The molecule has 2 aromatic carbocycles. The molecule has 2 amide bonds. The summed E-state index contributed by atoms with van der Waals surface area (Å²) in [6.45, 7) is 9.77. The highest BCUT2D eigenvalue weighted by Gasteiger charge is 2.28. The van der Waals surface area contributed by atoms with Gasteiger partial charge in [0.25, 0.3) is 5.91 Å². The molecule has 0 saturated carbocycles. The smallest absolute Gasteiger partial charge is 0.411 e. The third-order valence-electron chi connectivity index (χ3n) is 6.55. The quantitative estimate of drug-likeness (QED) is 0.0686. The van der Waals surface area contributed by atoms with Crippen LogP contribution in [0.15, 0.2) is 57.4 Å². The average Bonchev–Trinajstić information content (AvgIpc) is 3.08. The molecule has 50 heavy (non-hydrogen) atoms. The number of hydrogen-bond acceptors (Lipinski definition) is 8. The molecule has 0 heterocycles. The van der Waals surface area contributed by atoms with E-state index in [1.807, 2.05) is 13.8 Å². The summed E-state index contributed by atoms with van der Waals surface area (Å²) in [7, 11) is 1.50. The summed E-state index contributed by atoms with van der Waals surface area (Å²) < 4.78 is 46.9. The molecule has 2 aromatic rings. The fraction of sp³-hybridized carbons (Fsp3) is 0.455. The Morgan fingerprint density at radius 2 is 1.72 bits per heavy atom. The van der Waals surface area contributed by atoms with Gasteiger partial charge in [-0.2, -0.15) is 13.2 Å². The fourth-order valence-electron chi connectivity index (χ4n) is 4.18. The number of carboxylic acid groups (broad SMARTS) is 1. The van der Waals surface area contributed by atoms with Gasteiger partial charge in [-0.05, 0) is 74.3 Å². The molecule has 0 unspecified atom stereocenters. The van der Waals surface area contributed by atoms with Gasteiger partial charge in [-0.15, -0.1) is 0 Å². The molecule has 0 fully saturated rings. The molecule has 13 nitrogen and oxygen atoms in total. The Labute approximate surface area is 294 Å². The molecule has 2 rings (SSSR count). The number of ether oxygens (including phenoxy) is 2. The molecule has 0 aliphatic carbocycles. The van der Waals surface area contributed by atoms with Crippen LogP contribution >= 0.6 is 11.6 Å². The third-order valence-corrected chi connectivity index (χ3v) is 6.84. The minimum Gasteiger partial charge on any atom is -0.492 e. The second-order valence-electron chi connectivity index (χ2n) is 11.3. The molecule has 276 valence electrons. The van der Waals surface area contributed by atoms with Crippen LogP contribution in [0, 0.1) is 5.41 Å². The van der Waals surface area contributed by atoms with Crippen molar-refractivity contribution >= 4 is 54.5 Å². The first-order valence-corrected chi connectivity index (χ1v) is 15.7. The highest BCUT2D eigenvalue weighted by atomic mass is 35.5. The van der Waals surface area contributed by atoms with Crippen LogP contribution in [0.3, 0.4) is 0 Å². The molecule has 0 spiro atoms. The Bertz CT molecular complexity index is 1440. The minimum atomic E-state index is -4.45. The first-order valence-electron chi connectivity index (χ1n) is 15.4. The molecule has 17 heteroatoms. The minimum absolute atomic E-state index is 0.00190. The van der Waals surface area contributed by atoms with Crippen molar-refractivity contribution in [2.45, 2.75) is 45.8 Å². The highest BCUT2D eigenvalue weighted by molar-refractivity contribution is 6.32. The normalized spacial score (nSPS) is 11.5. The van der Waals surface area contributed by atoms with Gasteiger partial charge in [0, 0.05) is 31.6 Å². The molecule has 0 aliphatic heterocycles. The van der Waals surface area contributed by atoms with E-state index in [4.69, 9.17) is 21.4 Å². The number of aliphatic imine (C=N–C) groups is 3. The lowest BCUT2D eigenvalue weighted by molar-refractivity contribution is -0.174. The summed E-state index contributed by atoms with van der Waals surface area (Å²) in [5.41, 5.74) is 5.71. The number of halogens is 4. The second kappa shape index (κ2) is 22.2. The summed E-state index contributed by atoms with van der Waals surface area (Å²) in [6, 6.07) is 11.6. The van der Waals surface area contributed by atoms with E-state index < -0.39 is 30.9 Å². The summed E-state index contributed by atoms with van der Waals surface area (Å²) >= 11 is 6.38. The van der Waals surface area contributed by atoms with Crippen LogP contribution in [0.2, 0.25) is 5.02 Å². The number of nitrogens with zero attached hydrogens (tertiary/aromatic N) is 4. The van der Waals surface area contributed by atoms with Crippen molar-refractivity contribution < 1.29 is 42.1 Å². The largest absolute Gasteiger partial charge is 0.492 e. The number of alkyl halides is 3. The van der Waals surface area contributed by atoms with Gasteiger partial charge in [-0.1, -0.05) is 31.5 Å². The van der Waals surface area contributed by atoms with E-state index in [0.29, 0.717) is 34.0 Å². The Morgan fingerprint density at radius 3 is 2.30 bits per heavy atom. The van der Waals surface area contributed by atoms with E-state index in [9.17, 15) is 27.6 Å². The first kappa shape index (κ1) is 43.5. The Kier molecular flexibility index (Phi) is 19.3. The van der Waals surface area contributed by atoms with Gasteiger partial charge in [0.05, 0.1) is 30.3 Å². The maximum absolute atomic E-state index is 13.0. The van der Waals surface area contributed by atoms with Crippen molar-refractivity contribution in [2.24, 2.45) is 26.1 Å². The molecule has 0 aliphatic rings. The number of nitrogens with one attached hydrogen (secondary N) is 2. The molecular weight excluding hydrogens is 683 g/mol. The molecule has 0 aromatic heterocycles. The molecule has 0 radical (unpaired) electrons. The summed E-state index contributed by atoms with van der Waals surface area (Å²) in [4.78, 5) is 49.9. The number of nitrogens with two attached hydrogens (primary N) is 1. The Hall–Kier alpha value is -4.54. The number of amides is 2. The number of carbonyl (C=O) groups excluding carboxylic acids is 2. The molecule has 0 bridgehead atoms. The summed E-state index contributed by atoms with van der Waals surface area (Å²) in [5.74, 6) is -1.31. The molecule has 5 N–H and O–H groups in total. The van der Waals surface area contributed by atoms with Gasteiger partial charge < -0.3 is 35.8 Å². The van der Waals surface area contributed by atoms with Gasteiger partial charge in [-0.3, -0.25) is 19.4 Å². The van der Waals surface area contributed by atoms with Crippen molar-refractivity contribution in [1.82, 2.24) is 15.5 Å². The van der Waals surface area contributed by atoms with E-state index in [0.717, 1.165) is 0 Å². The van der Waals surface area contributed by atoms with Crippen LogP contribution in [0.5, 0.6) is 5.75 Å². The highest BCUT2D eigenvalue weighted by Crippen LogP contribution is 2.26. The van der Waals surface area contributed by atoms with Crippen LogP contribution in [0.1, 0.15) is 49.0 Å². The Balaban J connectivity index is 0.00000613. The van der Waals surface area contributed by atoms with Gasteiger partial charge in [0.2, 0.25) is 11.9 Å².